The molecule has 9 heteroatoms. The second kappa shape index (κ2) is 10.6. The fraction of sp³-hybridized carbons (Fsp3) is 0.448. The van der Waals surface area contributed by atoms with Gasteiger partial charge in [-0.2, -0.15) is 5.26 Å². The fourth-order valence-corrected chi connectivity index (χ4v) is 5.69. The first-order valence-electron chi connectivity index (χ1n) is 13.0. The molecule has 5 rings (SSSR count). The molecule has 8 nitrogen and oxygen atoms in total. The van der Waals surface area contributed by atoms with E-state index in [1.807, 2.05) is 19.9 Å². The molecule has 1 aromatic heterocycles. The minimum absolute atomic E-state index is 0.0112. The molecular formula is C29H33FN4O4. The van der Waals surface area contributed by atoms with Gasteiger partial charge in [0.25, 0.3) is 0 Å². The minimum Gasteiger partial charge on any atom is -0.496 e. The van der Waals surface area contributed by atoms with Gasteiger partial charge in [0.05, 0.1) is 50.8 Å². The van der Waals surface area contributed by atoms with Crippen LogP contribution in [0.4, 0.5) is 15.9 Å². The summed E-state index contributed by atoms with van der Waals surface area (Å²) in [6.07, 6.45) is 1.65. The van der Waals surface area contributed by atoms with Gasteiger partial charge in [0.2, 0.25) is 0 Å². The Bertz CT molecular complexity index is 1380. The first kappa shape index (κ1) is 26.0. The van der Waals surface area contributed by atoms with Crippen molar-refractivity contribution in [2.24, 2.45) is 0 Å². The van der Waals surface area contributed by atoms with Crippen molar-refractivity contribution < 1.29 is 23.4 Å². The van der Waals surface area contributed by atoms with Crippen molar-refractivity contribution in [1.29, 1.82) is 5.26 Å². The number of nitrogens with one attached hydrogen (secondary N) is 1. The molecule has 2 saturated heterocycles. The summed E-state index contributed by atoms with van der Waals surface area (Å²) in [6.45, 7) is 7.18. The predicted octanol–water partition coefficient (Wildman–Crippen LogP) is 5.10. The molecule has 0 aliphatic carbocycles. The normalized spacial score (nSPS) is 16.9. The Balaban J connectivity index is 1.59. The first-order valence-corrected chi connectivity index (χ1v) is 13.0. The van der Waals surface area contributed by atoms with Crippen LogP contribution >= 0.6 is 0 Å². The van der Waals surface area contributed by atoms with E-state index in [9.17, 15) is 10.1 Å². The summed E-state index contributed by atoms with van der Waals surface area (Å²) in [6, 6.07) is 10.9. The van der Waals surface area contributed by atoms with Gasteiger partial charge in [0.1, 0.15) is 17.1 Å². The molecule has 2 aromatic carbocycles. The standard InChI is InChI=1S/C29H33FN4O4/c1-17(2)34(28-26(29(35)37-4)21-6-5-18(14-31)13-22(21)32-28)23-7-8-24(36-3)25(27(23)30)19-9-11-33(12-10-19)20-15-38-16-20/h5-8,13,17,19-20,32H,9-12,15-16H2,1-4H3. The average molecular weight is 521 g/mol. The zero-order valence-electron chi connectivity index (χ0n) is 22.2. The van der Waals surface area contributed by atoms with Gasteiger partial charge in [-0.25, -0.2) is 9.18 Å². The molecule has 0 amide bonds. The molecule has 200 valence electrons. The van der Waals surface area contributed by atoms with E-state index in [4.69, 9.17) is 14.2 Å². The number of likely N-dealkylation sites (tertiary alicyclic amines) is 1. The SMILES string of the molecule is COC(=O)c1c(N(c2ccc(OC)c(C3CCN(C4COC4)CC3)c2F)C(C)C)[nH]c2cc(C#N)ccc12. The van der Waals surface area contributed by atoms with Crippen LogP contribution in [-0.2, 0) is 9.47 Å². The van der Waals surface area contributed by atoms with Gasteiger partial charge in [0.15, 0.2) is 5.82 Å². The van der Waals surface area contributed by atoms with Crippen molar-refractivity contribution in [3.8, 4) is 11.8 Å². The first-order chi connectivity index (χ1) is 18.4. The Morgan fingerprint density at radius 2 is 1.95 bits per heavy atom. The summed E-state index contributed by atoms with van der Waals surface area (Å²) in [4.78, 5) is 20.5. The summed E-state index contributed by atoms with van der Waals surface area (Å²) >= 11 is 0. The maximum atomic E-state index is 16.6. The number of aromatic amines is 1. The van der Waals surface area contributed by atoms with Crippen molar-refractivity contribution >= 4 is 28.4 Å². The molecular weight excluding hydrogens is 487 g/mol. The number of carbonyl (C=O) groups excluding carboxylic acids is 1. The number of fused-ring (bicyclic) bond motifs is 1. The largest absolute Gasteiger partial charge is 0.496 e. The highest BCUT2D eigenvalue weighted by Gasteiger charge is 2.34. The second-order valence-electron chi connectivity index (χ2n) is 10.2. The topological polar surface area (TPSA) is 90.8 Å². The molecule has 0 bridgehead atoms. The van der Waals surface area contributed by atoms with Crippen molar-refractivity contribution in [3.63, 3.8) is 0 Å². The number of hydrogen-bond donors (Lipinski definition) is 1. The molecule has 38 heavy (non-hydrogen) atoms. The van der Waals surface area contributed by atoms with Crippen molar-refractivity contribution in [3.05, 3.63) is 52.8 Å². The number of methoxy groups -OCH3 is 2. The quantitative estimate of drug-likeness (QED) is 0.434. The van der Waals surface area contributed by atoms with Gasteiger partial charge in [0, 0.05) is 22.5 Å². The summed E-state index contributed by atoms with van der Waals surface area (Å²) < 4.78 is 32.7. The van der Waals surface area contributed by atoms with Gasteiger partial charge < -0.3 is 24.1 Å². The number of anilines is 2. The number of H-pyrrole nitrogens is 1. The molecule has 2 aliphatic rings. The van der Waals surface area contributed by atoms with Gasteiger partial charge in [-0.3, -0.25) is 4.90 Å². The maximum Gasteiger partial charge on any atom is 0.342 e. The van der Waals surface area contributed by atoms with Crippen LogP contribution in [-0.4, -0.2) is 68.5 Å². The number of esters is 1. The third kappa shape index (κ3) is 4.48. The Morgan fingerprint density at radius 3 is 2.53 bits per heavy atom. The van der Waals surface area contributed by atoms with E-state index in [1.165, 1.54) is 7.11 Å². The number of rotatable bonds is 7. The maximum absolute atomic E-state index is 16.6. The van der Waals surface area contributed by atoms with Gasteiger partial charge in [-0.1, -0.05) is 6.07 Å². The number of halogens is 1. The highest BCUT2D eigenvalue weighted by Crippen LogP contribution is 2.43. The third-order valence-electron chi connectivity index (χ3n) is 7.73. The van der Waals surface area contributed by atoms with E-state index in [-0.39, 0.29) is 17.8 Å². The van der Waals surface area contributed by atoms with E-state index < -0.39 is 5.97 Å². The summed E-state index contributed by atoms with van der Waals surface area (Å²) in [5, 5.41) is 9.98. The number of aromatic nitrogens is 1. The number of nitrogens with zero attached hydrogens (tertiary/aromatic N) is 3. The predicted molar refractivity (Wildman–Crippen MR) is 143 cm³/mol. The zero-order chi connectivity index (χ0) is 27.0. The Kier molecular flexibility index (Phi) is 7.28. The Hall–Kier alpha value is -3.61. The van der Waals surface area contributed by atoms with Gasteiger partial charge in [-0.15, -0.1) is 0 Å². The number of benzene rings is 2. The van der Waals surface area contributed by atoms with Crippen LogP contribution in [0, 0.1) is 17.1 Å². The molecule has 3 heterocycles. The van der Waals surface area contributed by atoms with Crippen LogP contribution in [0.15, 0.2) is 30.3 Å². The lowest BCUT2D eigenvalue weighted by Gasteiger charge is -2.41. The molecule has 0 spiro atoms. The van der Waals surface area contributed by atoms with E-state index in [0.29, 0.717) is 50.9 Å². The van der Waals surface area contributed by atoms with Crippen LogP contribution in [0.5, 0.6) is 5.75 Å². The number of nitriles is 1. The van der Waals surface area contributed by atoms with Crippen LogP contribution in [0.3, 0.4) is 0 Å². The lowest BCUT2D eigenvalue weighted by molar-refractivity contribution is -0.0713. The van der Waals surface area contributed by atoms with E-state index >= 15 is 4.39 Å². The van der Waals surface area contributed by atoms with Crippen LogP contribution in [0.25, 0.3) is 10.9 Å². The monoisotopic (exact) mass is 520 g/mol. The number of ether oxygens (including phenoxy) is 3. The highest BCUT2D eigenvalue weighted by atomic mass is 19.1. The molecule has 0 saturated carbocycles. The van der Waals surface area contributed by atoms with E-state index in [2.05, 4.69) is 16.0 Å². The molecule has 2 aliphatic heterocycles. The number of carbonyl (C=O) groups is 1. The number of piperidine rings is 1. The van der Waals surface area contributed by atoms with Crippen molar-refractivity contribution in [2.45, 2.75) is 44.7 Å². The third-order valence-corrected chi connectivity index (χ3v) is 7.73. The molecule has 0 unspecified atom stereocenters. The van der Waals surface area contributed by atoms with Crippen LogP contribution in [0.2, 0.25) is 0 Å². The minimum atomic E-state index is -0.539. The zero-order valence-corrected chi connectivity index (χ0v) is 22.2. The molecule has 1 N–H and O–H groups in total. The van der Waals surface area contributed by atoms with E-state index in [1.54, 1.807) is 36.3 Å². The van der Waals surface area contributed by atoms with Crippen LogP contribution in [0.1, 0.15) is 54.1 Å². The highest BCUT2D eigenvalue weighted by molar-refractivity contribution is 6.10. The average Bonchev–Trinajstić information content (AvgIpc) is 3.26. The van der Waals surface area contributed by atoms with Gasteiger partial charge in [-0.05, 0) is 70.0 Å². The van der Waals surface area contributed by atoms with E-state index in [0.717, 1.165) is 39.1 Å². The smallest absolute Gasteiger partial charge is 0.342 e. The Morgan fingerprint density at radius 1 is 1.21 bits per heavy atom. The lowest BCUT2D eigenvalue weighted by atomic mass is 9.87. The summed E-state index contributed by atoms with van der Waals surface area (Å²) in [7, 11) is 2.89. The fourth-order valence-electron chi connectivity index (χ4n) is 5.69. The number of hydrogen-bond acceptors (Lipinski definition) is 7. The Labute approximate surface area is 221 Å². The molecule has 0 atom stereocenters. The second-order valence-corrected chi connectivity index (χ2v) is 10.2. The van der Waals surface area contributed by atoms with Crippen molar-refractivity contribution in [1.82, 2.24) is 9.88 Å². The summed E-state index contributed by atoms with van der Waals surface area (Å²) in [5.74, 6) is 0.0755. The van der Waals surface area contributed by atoms with Crippen molar-refractivity contribution in [2.75, 3.05) is 45.4 Å². The molecule has 0 radical (unpaired) electrons. The molecule has 3 aromatic rings. The van der Waals surface area contributed by atoms with Gasteiger partial charge >= 0.3 is 5.97 Å². The summed E-state index contributed by atoms with van der Waals surface area (Å²) in [5.41, 5.74) is 2.28. The van der Waals surface area contributed by atoms with Crippen LogP contribution < -0.4 is 9.64 Å². The lowest BCUT2D eigenvalue weighted by Crippen LogP contribution is -2.51. The molecule has 2 fully saturated rings.